The van der Waals surface area contributed by atoms with Gasteiger partial charge in [-0.05, 0) is 35.4 Å². The Labute approximate surface area is 132 Å². The summed E-state index contributed by atoms with van der Waals surface area (Å²) in [7, 11) is 0. The van der Waals surface area contributed by atoms with Crippen LogP contribution in [0.4, 0.5) is 13.2 Å². The number of rotatable bonds is 3. The molecule has 2 aromatic rings. The quantitative estimate of drug-likeness (QED) is 0.809. The van der Waals surface area contributed by atoms with Crippen molar-refractivity contribution in [3.8, 4) is 5.75 Å². The van der Waals surface area contributed by atoms with Crippen molar-refractivity contribution in [2.75, 3.05) is 0 Å². The number of ether oxygens (including phenoxy) is 1. The van der Waals surface area contributed by atoms with Gasteiger partial charge in [0.1, 0.15) is 5.75 Å². The van der Waals surface area contributed by atoms with Crippen LogP contribution in [0.3, 0.4) is 0 Å². The topological polar surface area (TPSA) is 35.2 Å². The van der Waals surface area contributed by atoms with Crippen LogP contribution in [0, 0.1) is 0 Å². The van der Waals surface area contributed by atoms with Crippen molar-refractivity contribution < 1.29 is 17.9 Å². The SMILES string of the molecule is N[C@H](c1ccc(OC(F)(F)F)cc1)c1ccc(Cl)cc1Br. The van der Waals surface area contributed by atoms with Crippen LogP contribution in [0.25, 0.3) is 0 Å². The van der Waals surface area contributed by atoms with Crippen LogP contribution >= 0.6 is 27.5 Å². The third-order valence-corrected chi connectivity index (χ3v) is 3.69. The van der Waals surface area contributed by atoms with Crippen LogP contribution in [0.1, 0.15) is 17.2 Å². The molecule has 0 saturated carbocycles. The summed E-state index contributed by atoms with van der Waals surface area (Å²) in [4.78, 5) is 0. The van der Waals surface area contributed by atoms with Gasteiger partial charge in [0.2, 0.25) is 0 Å². The summed E-state index contributed by atoms with van der Waals surface area (Å²) in [6, 6.07) is 10.1. The highest BCUT2D eigenvalue weighted by molar-refractivity contribution is 9.10. The number of alkyl halides is 3. The number of halogens is 5. The third kappa shape index (κ3) is 4.36. The number of nitrogens with two attached hydrogens (primary N) is 1. The highest BCUT2D eigenvalue weighted by atomic mass is 79.9. The van der Waals surface area contributed by atoms with Crippen LogP contribution in [-0.4, -0.2) is 6.36 Å². The maximum absolute atomic E-state index is 12.1. The molecule has 0 radical (unpaired) electrons. The van der Waals surface area contributed by atoms with E-state index in [2.05, 4.69) is 20.7 Å². The van der Waals surface area contributed by atoms with E-state index < -0.39 is 12.4 Å². The number of hydrogen-bond donors (Lipinski definition) is 1. The second kappa shape index (κ2) is 6.25. The van der Waals surface area contributed by atoms with Crippen LogP contribution in [-0.2, 0) is 0 Å². The molecule has 0 aliphatic carbocycles. The fraction of sp³-hybridized carbons (Fsp3) is 0.143. The molecule has 0 aliphatic heterocycles. The summed E-state index contributed by atoms with van der Waals surface area (Å²) >= 11 is 9.22. The first-order valence-corrected chi connectivity index (χ1v) is 6.99. The lowest BCUT2D eigenvalue weighted by Gasteiger charge is -2.15. The third-order valence-electron chi connectivity index (χ3n) is 2.77. The molecule has 0 unspecified atom stereocenters. The smallest absolute Gasteiger partial charge is 0.406 e. The average molecular weight is 381 g/mol. The second-order valence-corrected chi connectivity index (χ2v) is 5.55. The Kier molecular flexibility index (Phi) is 4.81. The lowest BCUT2D eigenvalue weighted by molar-refractivity contribution is -0.274. The van der Waals surface area contributed by atoms with E-state index in [9.17, 15) is 13.2 Å². The van der Waals surface area contributed by atoms with Crippen LogP contribution in [0.2, 0.25) is 5.02 Å². The standard InChI is InChI=1S/C14H10BrClF3NO/c15-12-7-9(16)3-6-11(12)13(20)8-1-4-10(5-2-8)21-14(17,18)19/h1-7,13H,20H2/t13-/m1/s1. The molecule has 0 heterocycles. The van der Waals surface area contributed by atoms with Gasteiger partial charge < -0.3 is 10.5 Å². The van der Waals surface area contributed by atoms with Gasteiger partial charge >= 0.3 is 6.36 Å². The van der Waals surface area contributed by atoms with E-state index in [1.165, 1.54) is 24.3 Å². The Morgan fingerprint density at radius 1 is 1.10 bits per heavy atom. The molecule has 0 fully saturated rings. The van der Waals surface area contributed by atoms with E-state index in [1.807, 2.05) is 0 Å². The summed E-state index contributed by atoms with van der Waals surface area (Å²) < 4.78 is 40.8. The fourth-order valence-electron chi connectivity index (χ4n) is 1.81. The van der Waals surface area contributed by atoms with Gasteiger partial charge in [-0.25, -0.2) is 0 Å². The molecule has 0 bridgehead atoms. The molecule has 0 aliphatic rings. The second-order valence-electron chi connectivity index (χ2n) is 4.26. The molecular weight excluding hydrogens is 371 g/mol. The van der Waals surface area contributed by atoms with Crippen molar-refractivity contribution >= 4 is 27.5 Å². The minimum Gasteiger partial charge on any atom is -0.406 e. The molecule has 112 valence electrons. The molecule has 2 N–H and O–H groups in total. The van der Waals surface area contributed by atoms with E-state index in [1.54, 1.807) is 18.2 Å². The van der Waals surface area contributed by atoms with Gasteiger partial charge in [-0.3, -0.25) is 0 Å². The molecule has 0 saturated heterocycles. The lowest BCUT2D eigenvalue weighted by Crippen LogP contribution is -2.17. The zero-order chi connectivity index (χ0) is 15.6. The highest BCUT2D eigenvalue weighted by Gasteiger charge is 2.31. The first kappa shape index (κ1) is 16.1. The van der Waals surface area contributed by atoms with Gasteiger partial charge in [-0.1, -0.05) is 45.7 Å². The molecule has 1 atom stereocenters. The minimum absolute atomic E-state index is 0.284. The van der Waals surface area contributed by atoms with Gasteiger partial charge in [0.25, 0.3) is 0 Å². The molecule has 0 spiro atoms. The summed E-state index contributed by atoms with van der Waals surface area (Å²) in [6.45, 7) is 0. The minimum atomic E-state index is -4.71. The number of benzene rings is 2. The summed E-state index contributed by atoms with van der Waals surface area (Å²) in [5, 5.41) is 0.562. The Hall–Kier alpha value is -1.24. The van der Waals surface area contributed by atoms with Crippen molar-refractivity contribution in [3.63, 3.8) is 0 Å². The van der Waals surface area contributed by atoms with E-state index in [4.69, 9.17) is 17.3 Å². The number of hydrogen-bond acceptors (Lipinski definition) is 2. The molecule has 0 aromatic heterocycles. The molecule has 21 heavy (non-hydrogen) atoms. The van der Waals surface area contributed by atoms with Crippen molar-refractivity contribution in [1.82, 2.24) is 0 Å². The molecule has 2 rings (SSSR count). The summed E-state index contributed by atoms with van der Waals surface area (Å²) in [5.74, 6) is -0.284. The van der Waals surface area contributed by atoms with Crippen molar-refractivity contribution in [2.45, 2.75) is 12.4 Å². The molecule has 2 nitrogen and oxygen atoms in total. The van der Waals surface area contributed by atoms with Crippen molar-refractivity contribution in [3.05, 3.63) is 63.1 Å². The van der Waals surface area contributed by atoms with E-state index in [0.29, 0.717) is 10.6 Å². The maximum Gasteiger partial charge on any atom is 0.573 e. The Morgan fingerprint density at radius 3 is 2.24 bits per heavy atom. The first-order chi connectivity index (χ1) is 9.76. The largest absolute Gasteiger partial charge is 0.573 e. The average Bonchev–Trinajstić information content (AvgIpc) is 2.37. The normalized spacial score (nSPS) is 13.0. The van der Waals surface area contributed by atoms with Gasteiger partial charge in [0.15, 0.2) is 0 Å². The lowest BCUT2D eigenvalue weighted by atomic mass is 10.00. The van der Waals surface area contributed by atoms with Crippen molar-refractivity contribution in [2.24, 2.45) is 5.73 Å². The van der Waals surface area contributed by atoms with E-state index in [-0.39, 0.29) is 5.75 Å². The fourth-order valence-corrected chi connectivity index (χ4v) is 2.74. The zero-order valence-corrected chi connectivity index (χ0v) is 12.8. The van der Waals surface area contributed by atoms with Crippen LogP contribution in [0.5, 0.6) is 5.75 Å². The predicted molar refractivity (Wildman–Crippen MR) is 78.3 cm³/mol. The van der Waals surface area contributed by atoms with E-state index in [0.717, 1.165) is 10.0 Å². The van der Waals surface area contributed by atoms with Crippen LogP contribution < -0.4 is 10.5 Å². The summed E-state index contributed by atoms with van der Waals surface area (Å²) in [6.07, 6.45) is -4.71. The monoisotopic (exact) mass is 379 g/mol. The summed E-state index contributed by atoms with van der Waals surface area (Å²) in [5.41, 5.74) is 7.55. The van der Waals surface area contributed by atoms with E-state index >= 15 is 0 Å². The Balaban J connectivity index is 2.22. The molecule has 0 amide bonds. The van der Waals surface area contributed by atoms with Gasteiger partial charge in [0, 0.05) is 9.50 Å². The van der Waals surface area contributed by atoms with Gasteiger partial charge in [-0.2, -0.15) is 0 Å². The molecule has 2 aromatic carbocycles. The molecular formula is C14H10BrClF3NO. The maximum atomic E-state index is 12.1. The van der Waals surface area contributed by atoms with Gasteiger partial charge in [-0.15, -0.1) is 13.2 Å². The van der Waals surface area contributed by atoms with Crippen LogP contribution in [0.15, 0.2) is 46.9 Å². The highest BCUT2D eigenvalue weighted by Crippen LogP contribution is 2.30. The van der Waals surface area contributed by atoms with Crippen molar-refractivity contribution in [1.29, 1.82) is 0 Å². The molecule has 7 heteroatoms. The zero-order valence-electron chi connectivity index (χ0n) is 10.5. The Morgan fingerprint density at radius 2 is 1.71 bits per heavy atom. The van der Waals surface area contributed by atoms with Gasteiger partial charge in [0.05, 0.1) is 6.04 Å². The predicted octanol–water partition coefficient (Wildman–Crippen LogP) is 5.05. The Bertz CT molecular complexity index is 631. The first-order valence-electron chi connectivity index (χ1n) is 5.82.